The summed E-state index contributed by atoms with van der Waals surface area (Å²) in [4.78, 5) is 27.6. The first-order valence-corrected chi connectivity index (χ1v) is 9.80. The molecule has 0 saturated heterocycles. The second-order valence-corrected chi connectivity index (χ2v) is 7.85. The van der Waals surface area contributed by atoms with Gasteiger partial charge in [-0.2, -0.15) is 0 Å². The van der Waals surface area contributed by atoms with Crippen LogP contribution in [0.25, 0.3) is 10.2 Å². The quantitative estimate of drug-likeness (QED) is 0.737. The Labute approximate surface area is 151 Å². The summed E-state index contributed by atoms with van der Waals surface area (Å²) in [7, 11) is 0. The van der Waals surface area contributed by atoms with Gasteiger partial charge in [-0.3, -0.25) is 9.59 Å². The van der Waals surface area contributed by atoms with Gasteiger partial charge in [0.15, 0.2) is 0 Å². The fourth-order valence-electron chi connectivity index (χ4n) is 3.37. The van der Waals surface area contributed by atoms with Crippen molar-refractivity contribution in [2.24, 2.45) is 5.92 Å². The van der Waals surface area contributed by atoms with Crippen LogP contribution in [0.2, 0.25) is 0 Å². The number of carbonyl (C=O) groups excluding carboxylic acids is 1. The summed E-state index contributed by atoms with van der Waals surface area (Å²) in [5.74, 6) is -0.857. The van der Waals surface area contributed by atoms with Gasteiger partial charge in [-0.05, 0) is 57.1 Å². The zero-order valence-electron chi connectivity index (χ0n) is 14.2. The van der Waals surface area contributed by atoms with Crippen molar-refractivity contribution in [2.75, 3.05) is 0 Å². The number of carboxylic acid groups (broad SMARTS) is 1. The van der Waals surface area contributed by atoms with E-state index in [1.165, 1.54) is 4.70 Å². The molecule has 1 aromatic carbocycles. The van der Waals surface area contributed by atoms with Crippen LogP contribution < -0.4 is 5.32 Å². The number of benzene rings is 1. The number of nitrogens with one attached hydrogen (secondary N) is 1. The second-order valence-electron chi connectivity index (χ2n) is 6.74. The molecule has 1 aliphatic carbocycles. The maximum absolute atomic E-state index is 12.0. The largest absolute Gasteiger partial charge is 0.481 e. The molecule has 0 aliphatic heterocycles. The lowest BCUT2D eigenvalue weighted by Gasteiger charge is -2.26. The summed E-state index contributed by atoms with van der Waals surface area (Å²) >= 11 is 1.73. The summed E-state index contributed by atoms with van der Waals surface area (Å²) in [6.45, 7) is 0. The van der Waals surface area contributed by atoms with E-state index in [0.717, 1.165) is 42.6 Å². The Morgan fingerprint density at radius 3 is 2.64 bits per heavy atom. The number of carboxylic acids is 1. The number of para-hydroxylation sites is 1. The van der Waals surface area contributed by atoms with E-state index in [-0.39, 0.29) is 17.9 Å². The highest BCUT2D eigenvalue weighted by Crippen LogP contribution is 2.25. The van der Waals surface area contributed by atoms with Crippen molar-refractivity contribution < 1.29 is 14.7 Å². The van der Waals surface area contributed by atoms with Gasteiger partial charge in [-0.1, -0.05) is 12.1 Å². The van der Waals surface area contributed by atoms with E-state index >= 15 is 0 Å². The van der Waals surface area contributed by atoms with Gasteiger partial charge in [0.2, 0.25) is 5.91 Å². The Kier molecular flexibility index (Phi) is 6.02. The average molecular weight is 360 g/mol. The Morgan fingerprint density at radius 2 is 1.92 bits per heavy atom. The monoisotopic (exact) mass is 360 g/mol. The van der Waals surface area contributed by atoms with Gasteiger partial charge in [0.25, 0.3) is 0 Å². The van der Waals surface area contributed by atoms with Crippen LogP contribution in [0.15, 0.2) is 24.3 Å². The molecule has 0 radical (unpaired) electrons. The maximum atomic E-state index is 12.0. The SMILES string of the molecule is O=C(CCCCc1nc2ccccc2s1)NC1CCC(C(=O)O)CC1. The summed E-state index contributed by atoms with van der Waals surface area (Å²) in [6.07, 6.45) is 6.13. The first-order valence-electron chi connectivity index (χ1n) is 8.98. The predicted octanol–water partition coefficient (Wildman–Crippen LogP) is 3.77. The van der Waals surface area contributed by atoms with E-state index in [0.29, 0.717) is 19.3 Å². The van der Waals surface area contributed by atoms with Crippen LogP contribution in [0.4, 0.5) is 0 Å². The third-order valence-corrected chi connectivity index (χ3v) is 5.92. The molecule has 6 heteroatoms. The van der Waals surface area contributed by atoms with Crippen LogP contribution in [-0.4, -0.2) is 28.0 Å². The summed E-state index contributed by atoms with van der Waals surface area (Å²) in [5.41, 5.74) is 1.05. The van der Waals surface area contributed by atoms with E-state index in [1.54, 1.807) is 11.3 Å². The highest BCUT2D eigenvalue weighted by Gasteiger charge is 2.26. The smallest absolute Gasteiger partial charge is 0.306 e. The Morgan fingerprint density at radius 1 is 1.16 bits per heavy atom. The fourth-order valence-corrected chi connectivity index (χ4v) is 4.38. The standard InChI is InChI=1S/C19H24N2O3S/c22-17(20-14-11-9-13(10-12-14)19(23)24)7-3-4-8-18-21-15-5-1-2-6-16(15)25-18/h1-2,5-6,13-14H,3-4,7-12H2,(H,20,22)(H,23,24). The highest BCUT2D eigenvalue weighted by molar-refractivity contribution is 7.18. The van der Waals surface area contributed by atoms with Crippen LogP contribution in [0.3, 0.4) is 0 Å². The molecule has 1 amide bonds. The van der Waals surface area contributed by atoms with Gasteiger partial charge in [0.05, 0.1) is 21.1 Å². The van der Waals surface area contributed by atoms with Crippen molar-refractivity contribution in [1.29, 1.82) is 0 Å². The van der Waals surface area contributed by atoms with Crippen molar-refractivity contribution in [1.82, 2.24) is 10.3 Å². The molecule has 1 aromatic heterocycles. The average Bonchev–Trinajstić information content (AvgIpc) is 3.02. The zero-order chi connectivity index (χ0) is 17.6. The van der Waals surface area contributed by atoms with Crippen LogP contribution in [0, 0.1) is 5.92 Å². The lowest BCUT2D eigenvalue weighted by atomic mass is 9.86. The van der Waals surface area contributed by atoms with Crippen molar-refractivity contribution in [3.63, 3.8) is 0 Å². The lowest BCUT2D eigenvalue weighted by Crippen LogP contribution is -2.38. The van der Waals surface area contributed by atoms with E-state index < -0.39 is 5.97 Å². The normalized spacial score (nSPS) is 20.5. The Bertz CT molecular complexity index is 702. The molecule has 0 atom stereocenters. The second kappa shape index (κ2) is 8.43. The van der Waals surface area contributed by atoms with E-state index in [2.05, 4.69) is 16.4 Å². The van der Waals surface area contributed by atoms with Gasteiger partial charge < -0.3 is 10.4 Å². The van der Waals surface area contributed by atoms with Crippen molar-refractivity contribution in [3.05, 3.63) is 29.3 Å². The molecule has 1 heterocycles. The molecule has 1 fully saturated rings. The van der Waals surface area contributed by atoms with Crippen molar-refractivity contribution in [2.45, 2.75) is 57.4 Å². The number of rotatable bonds is 7. The Balaban J connectivity index is 1.33. The first-order chi connectivity index (χ1) is 12.1. The molecule has 1 aliphatic rings. The number of amides is 1. The number of unbranched alkanes of at least 4 members (excludes halogenated alkanes) is 1. The summed E-state index contributed by atoms with van der Waals surface area (Å²) in [6, 6.07) is 8.29. The molecule has 1 saturated carbocycles. The molecule has 5 nitrogen and oxygen atoms in total. The van der Waals surface area contributed by atoms with E-state index in [9.17, 15) is 9.59 Å². The fraction of sp³-hybridized carbons (Fsp3) is 0.526. The number of carbonyl (C=O) groups is 2. The molecular weight excluding hydrogens is 336 g/mol. The van der Waals surface area contributed by atoms with Crippen LogP contribution in [0.1, 0.15) is 50.0 Å². The minimum absolute atomic E-state index is 0.0862. The van der Waals surface area contributed by atoms with E-state index in [4.69, 9.17) is 5.11 Å². The molecule has 3 rings (SSSR count). The topological polar surface area (TPSA) is 79.3 Å². The lowest BCUT2D eigenvalue weighted by molar-refractivity contribution is -0.142. The first kappa shape index (κ1) is 17.9. The molecule has 134 valence electrons. The number of hydrogen-bond acceptors (Lipinski definition) is 4. The van der Waals surface area contributed by atoms with Gasteiger partial charge in [0, 0.05) is 12.5 Å². The predicted molar refractivity (Wildman–Crippen MR) is 98.7 cm³/mol. The number of thiazole rings is 1. The minimum atomic E-state index is -0.709. The number of aliphatic carboxylic acids is 1. The number of nitrogens with zero attached hydrogens (tertiary/aromatic N) is 1. The molecule has 2 aromatic rings. The van der Waals surface area contributed by atoms with Crippen molar-refractivity contribution in [3.8, 4) is 0 Å². The number of aryl methyl sites for hydroxylation is 1. The molecular formula is C19H24N2O3S. The Hall–Kier alpha value is -1.95. The number of aromatic nitrogens is 1. The minimum Gasteiger partial charge on any atom is -0.481 e. The molecule has 0 bridgehead atoms. The maximum Gasteiger partial charge on any atom is 0.306 e. The highest BCUT2D eigenvalue weighted by atomic mass is 32.1. The molecule has 0 unspecified atom stereocenters. The zero-order valence-corrected chi connectivity index (χ0v) is 15.1. The number of fused-ring (bicyclic) bond motifs is 1. The van der Waals surface area contributed by atoms with Gasteiger partial charge >= 0.3 is 5.97 Å². The number of hydrogen-bond donors (Lipinski definition) is 2. The van der Waals surface area contributed by atoms with Gasteiger partial charge in [0.1, 0.15) is 0 Å². The van der Waals surface area contributed by atoms with Gasteiger partial charge in [-0.15, -0.1) is 11.3 Å². The molecule has 0 spiro atoms. The third-order valence-electron chi connectivity index (χ3n) is 4.82. The van der Waals surface area contributed by atoms with Crippen LogP contribution in [0.5, 0.6) is 0 Å². The van der Waals surface area contributed by atoms with Crippen molar-refractivity contribution >= 4 is 33.4 Å². The van der Waals surface area contributed by atoms with Gasteiger partial charge in [-0.25, -0.2) is 4.98 Å². The molecule has 25 heavy (non-hydrogen) atoms. The van der Waals surface area contributed by atoms with Crippen LogP contribution in [-0.2, 0) is 16.0 Å². The summed E-state index contributed by atoms with van der Waals surface area (Å²) in [5, 5.41) is 13.2. The van der Waals surface area contributed by atoms with Crippen LogP contribution >= 0.6 is 11.3 Å². The van der Waals surface area contributed by atoms with E-state index in [1.807, 2.05) is 18.2 Å². The summed E-state index contributed by atoms with van der Waals surface area (Å²) < 4.78 is 1.22. The third kappa shape index (κ3) is 5.01. The molecule has 2 N–H and O–H groups in total.